The van der Waals surface area contributed by atoms with Crippen molar-refractivity contribution in [2.75, 3.05) is 31.5 Å². The van der Waals surface area contributed by atoms with Gasteiger partial charge >= 0.3 is 5.97 Å². The molecule has 5 heterocycles. The summed E-state index contributed by atoms with van der Waals surface area (Å²) in [4.78, 5) is 34.4. The Morgan fingerprint density at radius 3 is 2.56 bits per heavy atom. The third-order valence-electron chi connectivity index (χ3n) is 8.06. The van der Waals surface area contributed by atoms with E-state index in [1.165, 1.54) is 12.5 Å². The molecule has 34 heavy (non-hydrogen) atoms. The SMILES string of the molecule is O=C(C[N+]12CCC(CC1)C(OC(=O)[C@](O)(c1ccoc1)C1CCCCC1)C2)Nc1ncccn1. The van der Waals surface area contributed by atoms with Gasteiger partial charge in [-0.05, 0) is 25.0 Å². The second-order valence-electron chi connectivity index (χ2n) is 10.1. The van der Waals surface area contributed by atoms with Gasteiger partial charge in [0.2, 0.25) is 5.95 Å². The van der Waals surface area contributed by atoms with Crippen molar-refractivity contribution in [2.45, 2.75) is 56.7 Å². The van der Waals surface area contributed by atoms with E-state index in [0.29, 0.717) is 22.5 Å². The maximum Gasteiger partial charge on any atom is 0.343 e. The predicted octanol–water partition coefficient (Wildman–Crippen LogP) is 2.63. The second-order valence-corrected chi connectivity index (χ2v) is 10.1. The highest BCUT2D eigenvalue weighted by molar-refractivity contribution is 5.89. The molecule has 9 heteroatoms. The zero-order valence-corrected chi connectivity index (χ0v) is 19.4. The van der Waals surface area contributed by atoms with Crippen LogP contribution in [0.25, 0.3) is 0 Å². The van der Waals surface area contributed by atoms with E-state index in [4.69, 9.17) is 9.15 Å². The molecule has 0 radical (unpaired) electrons. The molecule has 182 valence electrons. The Balaban J connectivity index is 1.29. The van der Waals surface area contributed by atoms with Crippen LogP contribution in [0.1, 0.15) is 50.5 Å². The van der Waals surface area contributed by atoms with Gasteiger partial charge < -0.3 is 18.7 Å². The van der Waals surface area contributed by atoms with E-state index in [-0.39, 0.29) is 30.4 Å². The number of rotatable bonds is 7. The number of aromatic nitrogens is 2. The molecule has 3 aliphatic heterocycles. The first-order valence-electron chi connectivity index (χ1n) is 12.4. The van der Waals surface area contributed by atoms with Gasteiger partial charge in [-0.2, -0.15) is 0 Å². The maximum absolute atomic E-state index is 13.6. The highest BCUT2D eigenvalue weighted by Crippen LogP contribution is 2.42. The van der Waals surface area contributed by atoms with Crippen LogP contribution >= 0.6 is 0 Å². The minimum Gasteiger partial charge on any atom is -0.472 e. The number of furan rings is 1. The van der Waals surface area contributed by atoms with Gasteiger partial charge in [-0.3, -0.25) is 10.1 Å². The molecular weight excluding hydrogens is 436 g/mol. The lowest BCUT2D eigenvalue weighted by atomic mass is 9.74. The molecule has 6 rings (SSSR count). The molecule has 2 bridgehead atoms. The Bertz CT molecular complexity index is 984. The highest BCUT2D eigenvalue weighted by Gasteiger charge is 2.53. The lowest BCUT2D eigenvalue weighted by Crippen LogP contribution is -2.66. The first-order valence-corrected chi connectivity index (χ1v) is 12.4. The summed E-state index contributed by atoms with van der Waals surface area (Å²) in [6, 6.07) is 3.36. The lowest BCUT2D eigenvalue weighted by Gasteiger charge is -2.52. The fourth-order valence-corrected chi connectivity index (χ4v) is 6.16. The van der Waals surface area contributed by atoms with Gasteiger partial charge in [0, 0.05) is 42.6 Å². The predicted molar refractivity (Wildman–Crippen MR) is 122 cm³/mol. The zero-order valence-electron chi connectivity index (χ0n) is 19.4. The second kappa shape index (κ2) is 9.46. The molecule has 2 aromatic heterocycles. The van der Waals surface area contributed by atoms with Crippen molar-refractivity contribution >= 4 is 17.8 Å². The molecule has 1 unspecified atom stereocenters. The number of carbonyl (C=O) groups excluding carboxylic acids is 2. The van der Waals surface area contributed by atoms with Gasteiger partial charge in [0.25, 0.3) is 5.91 Å². The molecule has 4 aliphatic rings. The summed E-state index contributed by atoms with van der Waals surface area (Å²) >= 11 is 0. The number of amides is 1. The van der Waals surface area contributed by atoms with Crippen molar-refractivity contribution in [2.24, 2.45) is 11.8 Å². The number of carbonyl (C=O) groups is 2. The summed E-state index contributed by atoms with van der Waals surface area (Å²) in [7, 11) is 0. The summed E-state index contributed by atoms with van der Waals surface area (Å²) in [5, 5.41) is 14.5. The average Bonchev–Trinajstić information content (AvgIpc) is 3.40. The third-order valence-corrected chi connectivity index (χ3v) is 8.06. The molecule has 2 atom stereocenters. The van der Waals surface area contributed by atoms with Gasteiger partial charge in [-0.25, -0.2) is 14.8 Å². The first kappa shape index (κ1) is 23.0. The van der Waals surface area contributed by atoms with Crippen LogP contribution in [0, 0.1) is 11.8 Å². The van der Waals surface area contributed by atoms with E-state index in [1.54, 1.807) is 24.5 Å². The molecule has 1 aliphatic carbocycles. The maximum atomic E-state index is 13.6. The molecule has 9 nitrogen and oxygen atoms in total. The molecule has 4 fully saturated rings. The van der Waals surface area contributed by atoms with Gasteiger partial charge in [0.15, 0.2) is 18.2 Å². The molecule has 2 N–H and O–H groups in total. The van der Waals surface area contributed by atoms with Crippen molar-refractivity contribution in [3.8, 4) is 0 Å². The lowest BCUT2D eigenvalue weighted by molar-refractivity contribution is -0.939. The Kier molecular flexibility index (Phi) is 6.40. The number of hydrogen-bond donors (Lipinski definition) is 2. The Morgan fingerprint density at radius 1 is 1.15 bits per heavy atom. The molecule has 1 amide bonds. The fourth-order valence-electron chi connectivity index (χ4n) is 6.16. The van der Waals surface area contributed by atoms with Crippen LogP contribution in [0.15, 0.2) is 41.5 Å². The standard InChI is InChI=1S/C25H32N4O5/c30-22(28-24-26-10-4-11-27-24)16-29-12-7-18(8-13-29)21(15-29)34-23(31)25(32,20-9-14-33-17-20)19-5-2-1-3-6-19/h4,9-11,14,17-19,21,32H,1-3,5-8,12-13,15-16H2/p+1/t18?,21?,25-,29?/m1/s1. The number of nitrogens with zero attached hydrogens (tertiary/aromatic N) is 3. The average molecular weight is 470 g/mol. The van der Waals surface area contributed by atoms with Gasteiger partial charge in [-0.15, -0.1) is 0 Å². The summed E-state index contributed by atoms with van der Waals surface area (Å²) in [5.74, 6) is -0.372. The van der Waals surface area contributed by atoms with Crippen molar-refractivity contribution in [3.63, 3.8) is 0 Å². The molecule has 2 aromatic rings. The monoisotopic (exact) mass is 469 g/mol. The van der Waals surface area contributed by atoms with Crippen LogP contribution in [0.4, 0.5) is 5.95 Å². The summed E-state index contributed by atoms with van der Waals surface area (Å²) in [5.41, 5.74) is -1.23. The van der Waals surface area contributed by atoms with Crippen LogP contribution in [-0.4, -0.2) is 63.7 Å². The minimum absolute atomic E-state index is 0.145. The van der Waals surface area contributed by atoms with Crippen molar-refractivity contribution in [3.05, 3.63) is 42.6 Å². The fraction of sp³-hybridized carbons (Fsp3) is 0.600. The smallest absolute Gasteiger partial charge is 0.343 e. The first-order chi connectivity index (χ1) is 16.5. The van der Waals surface area contributed by atoms with E-state index in [1.807, 2.05) is 0 Å². The number of fused-ring (bicyclic) bond motifs is 3. The molecule has 0 spiro atoms. The van der Waals surface area contributed by atoms with Crippen molar-refractivity contribution < 1.29 is 28.3 Å². The highest BCUT2D eigenvalue weighted by atomic mass is 16.6. The van der Waals surface area contributed by atoms with Gasteiger partial charge in [0.1, 0.15) is 6.54 Å². The summed E-state index contributed by atoms with van der Waals surface area (Å²) in [6.45, 7) is 2.60. The Hall–Kier alpha value is -2.78. The van der Waals surface area contributed by atoms with Crippen LogP contribution in [0.2, 0.25) is 0 Å². The van der Waals surface area contributed by atoms with Crippen LogP contribution < -0.4 is 5.32 Å². The number of nitrogens with one attached hydrogen (secondary N) is 1. The minimum atomic E-state index is -1.70. The van der Waals surface area contributed by atoms with Crippen molar-refractivity contribution in [1.82, 2.24) is 9.97 Å². The largest absolute Gasteiger partial charge is 0.472 e. The van der Waals surface area contributed by atoms with E-state index in [2.05, 4.69) is 15.3 Å². The van der Waals surface area contributed by atoms with E-state index >= 15 is 0 Å². The summed E-state index contributed by atoms with van der Waals surface area (Å²) in [6.07, 6.45) is 12.2. The normalized spacial score (nSPS) is 28.7. The third kappa shape index (κ3) is 4.46. The summed E-state index contributed by atoms with van der Waals surface area (Å²) < 4.78 is 11.9. The van der Waals surface area contributed by atoms with Gasteiger partial charge in [0.05, 0.1) is 25.6 Å². The number of quaternary nitrogens is 1. The number of anilines is 1. The van der Waals surface area contributed by atoms with Crippen molar-refractivity contribution in [1.29, 1.82) is 0 Å². The van der Waals surface area contributed by atoms with Crippen LogP contribution in [0.3, 0.4) is 0 Å². The number of ether oxygens (including phenoxy) is 1. The molecule has 0 aromatic carbocycles. The molecule has 3 saturated heterocycles. The quantitative estimate of drug-likeness (QED) is 0.473. The molecule has 1 saturated carbocycles. The van der Waals surface area contributed by atoms with Crippen LogP contribution in [-0.2, 0) is 19.9 Å². The number of hydrogen-bond acceptors (Lipinski definition) is 7. The van der Waals surface area contributed by atoms with E-state index in [9.17, 15) is 14.7 Å². The Morgan fingerprint density at radius 2 is 1.88 bits per heavy atom. The topological polar surface area (TPSA) is 115 Å². The van der Waals surface area contributed by atoms with Crippen LogP contribution in [0.5, 0.6) is 0 Å². The zero-order chi connectivity index (χ0) is 23.6. The molecular formula is C25H33N4O5+. The number of esters is 1. The number of piperidine rings is 3. The van der Waals surface area contributed by atoms with E-state index in [0.717, 1.165) is 58.0 Å². The van der Waals surface area contributed by atoms with E-state index < -0.39 is 11.6 Å². The number of aliphatic hydroxyl groups is 1. The Labute approximate surface area is 199 Å². The van der Waals surface area contributed by atoms with Gasteiger partial charge in [-0.1, -0.05) is 19.3 Å².